The first-order chi connectivity index (χ1) is 22.9. The van der Waals surface area contributed by atoms with Gasteiger partial charge in [-0.1, -0.05) is 24.3 Å². The van der Waals surface area contributed by atoms with Crippen LogP contribution in [0.25, 0.3) is 39.5 Å². The molecule has 47 heavy (non-hydrogen) atoms. The molecule has 2 aliphatic heterocycles. The molecule has 4 N–H and O–H groups in total. The van der Waals surface area contributed by atoms with E-state index < -0.39 is 0 Å². The number of hydrogen-bond donors (Lipinski definition) is 2. The molecular formula is C38H42N8O. The molecule has 2 saturated heterocycles. The van der Waals surface area contributed by atoms with E-state index in [4.69, 9.17) is 21.4 Å². The molecular weight excluding hydrogens is 584 g/mol. The number of nitrogens with two attached hydrogens (primary N) is 2. The fourth-order valence-corrected chi connectivity index (χ4v) is 7.92. The molecule has 8 rings (SSSR count). The van der Waals surface area contributed by atoms with Gasteiger partial charge in [0.25, 0.3) is 0 Å². The normalized spacial score (nSPS) is 20.0. The molecule has 0 amide bonds. The molecule has 1 saturated carbocycles. The minimum atomic E-state index is -0.233. The van der Waals surface area contributed by atoms with Crippen LogP contribution in [0.3, 0.4) is 0 Å². The van der Waals surface area contributed by atoms with Crippen LogP contribution in [0.1, 0.15) is 57.4 Å². The van der Waals surface area contributed by atoms with Crippen LogP contribution in [0.15, 0.2) is 79.0 Å². The lowest BCUT2D eigenvalue weighted by molar-refractivity contribution is -0.122. The number of nitrogen functional groups attached to an aromatic ring is 1. The van der Waals surface area contributed by atoms with Crippen LogP contribution in [0.4, 0.5) is 11.5 Å². The van der Waals surface area contributed by atoms with Crippen molar-refractivity contribution in [2.75, 3.05) is 30.3 Å². The van der Waals surface area contributed by atoms with Crippen LogP contribution < -0.4 is 16.4 Å². The Kier molecular flexibility index (Phi) is 7.53. The van der Waals surface area contributed by atoms with Crippen molar-refractivity contribution < 1.29 is 4.79 Å². The van der Waals surface area contributed by atoms with Crippen LogP contribution in [0, 0.1) is 0 Å². The molecule has 2 aromatic carbocycles. The number of anilines is 2. The molecule has 3 aliphatic rings. The van der Waals surface area contributed by atoms with E-state index in [2.05, 4.69) is 73.9 Å². The lowest BCUT2D eigenvalue weighted by Crippen LogP contribution is -2.48. The smallest absolute Gasteiger partial charge is 0.165 e. The number of Topliss-reactive ketones (excluding diaryl/α,β-unsaturated/α-hetero) is 1. The zero-order valence-corrected chi connectivity index (χ0v) is 27.0. The molecule has 0 bridgehead atoms. The number of carbonyl (C=O) groups excluding carboxylic acids is 1. The molecule has 9 nitrogen and oxygen atoms in total. The Labute approximate surface area is 275 Å². The van der Waals surface area contributed by atoms with Crippen molar-refractivity contribution in [1.29, 1.82) is 0 Å². The molecule has 240 valence electrons. The van der Waals surface area contributed by atoms with Crippen molar-refractivity contribution >= 4 is 28.5 Å². The highest BCUT2D eigenvalue weighted by molar-refractivity contribution is 5.85. The number of benzene rings is 2. The zero-order chi connectivity index (χ0) is 32.1. The van der Waals surface area contributed by atoms with Gasteiger partial charge in [-0.15, -0.1) is 0 Å². The highest BCUT2D eigenvalue weighted by atomic mass is 16.1. The molecule has 1 aliphatic carbocycles. The van der Waals surface area contributed by atoms with Crippen molar-refractivity contribution in [3.63, 3.8) is 0 Å². The van der Waals surface area contributed by atoms with Crippen molar-refractivity contribution in [2.45, 2.75) is 69.5 Å². The minimum absolute atomic E-state index is 0.109. The van der Waals surface area contributed by atoms with Gasteiger partial charge in [-0.2, -0.15) is 0 Å². The molecule has 0 spiro atoms. The Balaban J connectivity index is 1.12. The number of rotatable bonds is 7. The first-order valence-corrected chi connectivity index (χ1v) is 17.0. The van der Waals surface area contributed by atoms with Crippen LogP contribution in [0.2, 0.25) is 0 Å². The maximum absolute atomic E-state index is 12.2. The van der Waals surface area contributed by atoms with Crippen LogP contribution in [-0.2, 0) is 10.3 Å². The molecule has 5 heterocycles. The van der Waals surface area contributed by atoms with Gasteiger partial charge in [-0.05, 0) is 113 Å². The van der Waals surface area contributed by atoms with Crippen LogP contribution in [-0.4, -0.2) is 61.9 Å². The topological polar surface area (TPSA) is 119 Å². The molecule has 1 unspecified atom stereocenters. The molecule has 3 fully saturated rings. The van der Waals surface area contributed by atoms with E-state index in [-0.39, 0.29) is 11.6 Å². The second-order valence-corrected chi connectivity index (χ2v) is 13.6. The second-order valence-electron chi connectivity index (χ2n) is 13.6. The second kappa shape index (κ2) is 11.9. The number of piperidine rings is 1. The van der Waals surface area contributed by atoms with E-state index >= 15 is 0 Å². The summed E-state index contributed by atoms with van der Waals surface area (Å²) in [5, 5.41) is 0. The van der Waals surface area contributed by atoms with Crippen LogP contribution >= 0.6 is 0 Å². The number of nitrogens with zero attached hydrogens (tertiary/aromatic N) is 6. The first kappa shape index (κ1) is 29.8. The average molecular weight is 627 g/mol. The van der Waals surface area contributed by atoms with E-state index in [0.717, 1.165) is 97.4 Å². The van der Waals surface area contributed by atoms with E-state index in [1.807, 2.05) is 18.2 Å². The fraction of sp³-hybridized carbons (Fsp3) is 0.368. The maximum atomic E-state index is 12.2. The van der Waals surface area contributed by atoms with Gasteiger partial charge in [-0.3, -0.25) is 14.3 Å². The van der Waals surface area contributed by atoms with Gasteiger partial charge >= 0.3 is 0 Å². The predicted molar refractivity (Wildman–Crippen MR) is 187 cm³/mol. The average Bonchev–Trinajstić information content (AvgIpc) is 3.73. The Morgan fingerprint density at radius 3 is 2.40 bits per heavy atom. The molecule has 9 heteroatoms. The number of likely N-dealkylation sites (tertiary alicyclic amines) is 1. The zero-order valence-electron chi connectivity index (χ0n) is 27.0. The molecule has 3 aromatic heterocycles. The monoisotopic (exact) mass is 626 g/mol. The third kappa shape index (κ3) is 5.37. The summed E-state index contributed by atoms with van der Waals surface area (Å²) in [5.41, 5.74) is 20.4. The van der Waals surface area contributed by atoms with Crippen molar-refractivity contribution in [3.05, 3.63) is 84.6 Å². The highest BCUT2D eigenvalue weighted by Crippen LogP contribution is 2.39. The van der Waals surface area contributed by atoms with E-state index in [0.29, 0.717) is 23.5 Å². The summed E-state index contributed by atoms with van der Waals surface area (Å²) >= 11 is 0. The predicted octanol–water partition coefficient (Wildman–Crippen LogP) is 6.09. The summed E-state index contributed by atoms with van der Waals surface area (Å²) in [6.45, 7) is 4.75. The molecule has 0 radical (unpaired) electrons. The minimum Gasteiger partial charge on any atom is -0.383 e. The lowest BCUT2D eigenvalue weighted by atomic mass is 9.73. The number of pyridine rings is 2. The van der Waals surface area contributed by atoms with Crippen LogP contribution in [0.5, 0.6) is 0 Å². The Morgan fingerprint density at radius 2 is 1.68 bits per heavy atom. The Morgan fingerprint density at radius 1 is 0.872 bits per heavy atom. The molecule has 1 atom stereocenters. The third-order valence-corrected chi connectivity index (χ3v) is 10.7. The fourth-order valence-electron chi connectivity index (χ4n) is 7.92. The van der Waals surface area contributed by atoms with Gasteiger partial charge in [0.15, 0.2) is 11.5 Å². The summed E-state index contributed by atoms with van der Waals surface area (Å²) in [4.78, 5) is 31.8. The van der Waals surface area contributed by atoms with E-state index in [9.17, 15) is 4.79 Å². The first-order valence-electron chi connectivity index (χ1n) is 17.0. The van der Waals surface area contributed by atoms with Gasteiger partial charge in [0.2, 0.25) is 0 Å². The van der Waals surface area contributed by atoms with Gasteiger partial charge in [0.1, 0.15) is 17.1 Å². The van der Waals surface area contributed by atoms with Gasteiger partial charge < -0.3 is 16.4 Å². The highest BCUT2D eigenvalue weighted by Gasteiger charge is 2.36. The third-order valence-electron chi connectivity index (χ3n) is 10.7. The summed E-state index contributed by atoms with van der Waals surface area (Å²) in [6, 6.07) is 25.7. The lowest BCUT2D eigenvalue weighted by Gasteiger charge is -2.39. The number of aromatic nitrogens is 4. The Hall–Kier alpha value is -4.60. The van der Waals surface area contributed by atoms with Gasteiger partial charge in [0, 0.05) is 47.8 Å². The molecule has 5 aromatic rings. The number of ketones is 1. The SMILES string of the molecule is CC(=O)C1CCCN1C1CCN(c2cccc(-c3ccc4nc(-c5cccnc5N)n(-c5ccc(C6(N)CCC6)cc5)c4n3)c2)CC1. The standard InChI is InChI=1S/C38H42N8O/c1-25(47)34-9-4-21-45(34)28-16-22-44(23-17-28)30-7-2-6-26(24-30)32-14-15-33-37(42-32)46(36(43-33)31-8-3-20-41-35(31)39)29-12-10-27(11-13-29)38(40)18-5-19-38/h2-3,6-8,10-15,20,24,28,34H,4-5,9,16-19,21-23,40H2,1H3,(H2,39,41). The van der Waals surface area contributed by atoms with Crippen molar-refractivity contribution in [3.8, 4) is 28.3 Å². The largest absolute Gasteiger partial charge is 0.383 e. The Bertz CT molecular complexity index is 1940. The van der Waals surface area contributed by atoms with Gasteiger partial charge in [0.05, 0.1) is 17.3 Å². The maximum Gasteiger partial charge on any atom is 0.165 e. The number of carbonyl (C=O) groups is 1. The summed E-state index contributed by atoms with van der Waals surface area (Å²) in [6.07, 6.45) is 9.16. The van der Waals surface area contributed by atoms with Crippen molar-refractivity contribution in [2.24, 2.45) is 5.73 Å². The van der Waals surface area contributed by atoms with Crippen molar-refractivity contribution in [1.82, 2.24) is 24.4 Å². The summed E-state index contributed by atoms with van der Waals surface area (Å²) in [5.74, 6) is 1.44. The van der Waals surface area contributed by atoms with E-state index in [1.54, 1.807) is 13.1 Å². The number of imidazole rings is 1. The number of hydrogen-bond acceptors (Lipinski definition) is 8. The summed E-state index contributed by atoms with van der Waals surface area (Å²) < 4.78 is 2.08. The quantitative estimate of drug-likeness (QED) is 0.223. The van der Waals surface area contributed by atoms with E-state index in [1.165, 1.54) is 12.1 Å². The number of fused-ring (bicyclic) bond motifs is 1. The summed E-state index contributed by atoms with van der Waals surface area (Å²) in [7, 11) is 0. The van der Waals surface area contributed by atoms with Gasteiger partial charge in [-0.25, -0.2) is 15.0 Å².